The number of aromatic nitrogens is 2. The lowest BCUT2D eigenvalue weighted by Crippen LogP contribution is -2.39. The van der Waals surface area contributed by atoms with Crippen LogP contribution in [0.1, 0.15) is 27.8 Å². The summed E-state index contributed by atoms with van der Waals surface area (Å²) in [4.78, 5) is 28.8. The van der Waals surface area contributed by atoms with Crippen LogP contribution in [0.4, 0.5) is 8.78 Å². The predicted octanol–water partition coefficient (Wildman–Crippen LogP) is 2.54. The van der Waals surface area contributed by atoms with E-state index in [1.54, 1.807) is 19.1 Å². The molecule has 0 saturated carbocycles. The minimum Gasteiger partial charge on any atom is -0.357 e. The molecule has 28 heavy (non-hydrogen) atoms. The van der Waals surface area contributed by atoms with Crippen LogP contribution in [0.25, 0.3) is 11.5 Å². The van der Waals surface area contributed by atoms with Crippen molar-refractivity contribution in [2.24, 2.45) is 0 Å². The van der Waals surface area contributed by atoms with Gasteiger partial charge in [0.2, 0.25) is 5.91 Å². The number of nitrogens with zero attached hydrogens (tertiary/aromatic N) is 2. The Morgan fingerprint density at radius 2 is 1.79 bits per heavy atom. The Morgan fingerprint density at radius 3 is 2.36 bits per heavy atom. The van der Waals surface area contributed by atoms with Gasteiger partial charge in [-0.15, -0.1) is 0 Å². The number of amides is 2. The van der Waals surface area contributed by atoms with Gasteiger partial charge in [0.25, 0.3) is 11.8 Å². The van der Waals surface area contributed by atoms with Crippen LogP contribution in [0.15, 0.2) is 47.0 Å². The van der Waals surface area contributed by atoms with Crippen molar-refractivity contribution < 1.29 is 22.9 Å². The number of hydrogen-bond donors (Lipinski definition) is 2. The van der Waals surface area contributed by atoms with Crippen LogP contribution in [0.2, 0.25) is 0 Å². The molecule has 3 rings (SSSR count). The Morgan fingerprint density at radius 1 is 1.07 bits per heavy atom. The van der Waals surface area contributed by atoms with E-state index in [-0.39, 0.29) is 11.1 Å². The smallest absolute Gasteiger partial charge is 0.257 e. The van der Waals surface area contributed by atoms with Crippen molar-refractivity contribution in [1.29, 1.82) is 0 Å². The Bertz CT molecular complexity index is 1020. The van der Waals surface area contributed by atoms with Crippen molar-refractivity contribution in [1.82, 2.24) is 20.8 Å². The second-order valence-corrected chi connectivity index (χ2v) is 5.92. The zero-order valence-corrected chi connectivity index (χ0v) is 15.0. The first-order chi connectivity index (χ1) is 13.4. The average Bonchev–Trinajstić information content (AvgIpc) is 3.14. The third kappa shape index (κ3) is 4.03. The molecule has 0 aliphatic rings. The number of rotatable bonds is 5. The molecule has 0 aliphatic carbocycles. The molecule has 7 nitrogen and oxygen atoms in total. The van der Waals surface area contributed by atoms with Gasteiger partial charge >= 0.3 is 0 Å². The van der Waals surface area contributed by atoms with Crippen LogP contribution in [-0.4, -0.2) is 29.0 Å². The molecule has 0 fully saturated rings. The van der Waals surface area contributed by atoms with Crippen molar-refractivity contribution in [2.75, 3.05) is 7.05 Å². The summed E-state index contributed by atoms with van der Waals surface area (Å²) in [7, 11) is 1.38. The highest BCUT2D eigenvalue weighted by molar-refractivity contribution is 5.98. The summed E-state index contributed by atoms with van der Waals surface area (Å²) in [5.74, 6) is -2.49. The average molecular weight is 386 g/mol. The molecule has 1 unspecified atom stereocenters. The van der Waals surface area contributed by atoms with Gasteiger partial charge in [-0.1, -0.05) is 11.2 Å². The molecule has 2 aromatic carbocycles. The van der Waals surface area contributed by atoms with Crippen molar-refractivity contribution in [2.45, 2.75) is 13.0 Å². The molecule has 1 atom stereocenters. The van der Waals surface area contributed by atoms with Gasteiger partial charge < -0.3 is 15.2 Å². The minimum atomic E-state index is -1.19. The van der Waals surface area contributed by atoms with Crippen molar-refractivity contribution in [3.63, 3.8) is 0 Å². The number of likely N-dealkylation sites (N-methyl/N-ethyl adjacent to an activating group) is 1. The minimum absolute atomic E-state index is 0.115. The molecule has 0 spiro atoms. The zero-order chi connectivity index (χ0) is 20.3. The summed E-state index contributed by atoms with van der Waals surface area (Å²) < 4.78 is 31.8. The van der Waals surface area contributed by atoms with Crippen LogP contribution in [-0.2, 0) is 4.79 Å². The lowest BCUT2D eigenvalue weighted by molar-refractivity contribution is -0.122. The number of aryl methyl sites for hydroxylation is 1. The molecule has 1 aromatic heterocycles. The quantitative estimate of drug-likeness (QED) is 0.702. The summed E-state index contributed by atoms with van der Waals surface area (Å²) in [6, 6.07) is 8.10. The lowest BCUT2D eigenvalue weighted by atomic mass is 10.0. The fraction of sp³-hybridized carbons (Fsp3) is 0.158. The molecule has 3 aromatic rings. The largest absolute Gasteiger partial charge is 0.357 e. The molecule has 9 heteroatoms. The maximum atomic E-state index is 13.5. The normalized spacial score (nSPS) is 11.7. The lowest BCUT2D eigenvalue weighted by Gasteiger charge is -2.18. The molecule has 0 radical (unpaired) electrons. The first-order valence-electron chi connectivity index (χ1n) is 8.27. The van der Waals surface area contributed by atoms with Gasteiger partial charge in [0.1, 0.15) is 6.04 Å². The van der Waals surface area contributed by atoms with E-state index in [1.807, 2.05) is 0 Å². The number of carbonyl (C=O) groups excluding carboxylic acids is 2. The van der Waals surface area contributed by atoms with Crippen molar-refractivity contribution >= 4 is 11.8 Å². The van der Waals surface area contributed by atoms with Gasteiger partial charge in [-0.25, -0.2) is 8.78 Å². The molecule has 144 valence electrons. The van der Waals surface area contributed by atoms with E-state index in [1.165, 1.54) is 25.2 Å². The van der Waals surface area contributed by atoms with E-state index < -0.39 is 29.5 Å². The van der Waals surface area contributed by atoms with E-state index in [4.69, 9.17) is 4.52 Å². The fourth-order valence-electron chi connectivity index (χ4n) is 2.53. The van der Waals surface area contributed by atoms with Crippen molar-refractivity contribution in [3.05, 3.63) is 71.1 Å². The summed E-state index contributed by atoms with van der Waals surface area (Å²) >= 11 is 0. The molecule has 0 saturated heterocycles. The highest BCUT2D eigenvalue weighted by atomic mass is 19.2. The van der Waals surface area contributed by atoms with Gasteiger partial charge in [-0.05, 0) is 48.9 Å². The van der Waals surface area contributed by atoms with Gasteiger partial charge in [0, 0.05) is 18.2 Å². The Balaban J connectivity index is 1.81. The monoisotopic (exact) mass is 386 g/mol. The zero-order valence-electron chi connectivity index (χ0n) is 15.0. The van der Waals surface area contributed by atoms with E-state index >= 15 is 0 Å². The first-order valence-corrected chi connectivity index (χ1v) is 8.27. The van der Waals surface area contributed by atoms with E-state index in [2.05, 4.69) is 20.8 Å². The Kier molecular flexibility index (Phi) is 5.44. The molecule has 0 aliphatic heterocycles. The first kappa shape index (κ1) is 19.2. The topological polar surface area (TPSA) is 97.1 Å². The van der Waals surface area contributed by atoms with Crippen molar-refractivity contribution in [3.8, 4) is 11.5 Å². The molecular weight excluding hydrogens is 370 g/mol. The van der Waals surface area contributed by atoms with Gasteiger partial charge in [0.15, 0.2) is 17.5 Å². The number of hydrogen-bond acceptors (Lipinski definition) is 5. The maximum Gasteiger partial charge on any atom is 0.257 e. The van der Waals surface area contributed by atoms with E-state index in [9.17, 15) is 18.4 Å². The molecule has 0 bridgehead atoms. The standard InChI is InChI=1S/C19H16F2N4O3/c1-10-23-19(28-25-10)12-5-3-11(4-6-12)17(26)24-16(18(27)22-2)13-7-8-14(20)15(21)9-13/h3-9,16H,1-2H3,(H,22,27)(H,24,26). The van der Waals surface area contributed by atoms with Gasteiger partial charge in [-0.3, -0.25) is 9.59 Å². The molecule has 2 N–H and O–H groups in total. The fourth-order valence-corrected chi connectivity index (χ4v) is 2.53. The maximum absolute atomic E-state index is 13.5. The summed E-state index contributed by atoms with van der Waals surface area (Å²) in [6.07, 6.45) is 0. The van der Waals surface area contributed by atoms with E-state index in [0.29, 0.717) is 17.3 Å². The van der Waals surface area contributed by atoms with Crippen LogP contribution < -0.4 is 10.6 Å². The molecule has 1 heterocycles. The SMILES string of the molecule is CNC(=O)C(NC(=O)c1ccc(-c2nc(C)no2)cc1)c1ccc(F)c(F)c1. The molecular formula is C19H16F2N4O3. The van der Waals surface area contributed by atoms with Crippen LogP contribution in [0.3, 0.4) is 0 Å². The van der Waals surface area contributed by atoms with Gasteiger partial charge in [0.05, 0.1) is 0 Å². The van der Waals surface area contributed by atoms with Crippen LogP contribution in [0, 0.1) is 18.6 Å². The van der Waals surface area contributed by atoms with E-state index in [0.717, 1.165) is 12.1 Å². The predicted molar refractivity (Wildman–Crippen MR) is 95.1 cm³/mol. The Hall–Kier alpha value is -3.62. The second-order valence-electron chi connectivity index (χ2n) is 5.92. The number of carbonyl (C=O) groups is 2. The number of nitrogens with one attached hydrogen (secondary N) is 2. The summed E-state index contributed by atoms with van der Waals surface area (Å²) in [6.45, 7) is 1.69. The third-order valence-electron chi connectivity index (χ3n) is 3.98. The summed E-state index contributed by atoms with van der Waals surface area (Å²) in [5.41, 5.74) is 1.00. The highest BCUT2D eigenvalue weighted by Gasteiger charge is 2.23. The molecule has 2 amide bonds. The van der Waals surface area contributed by atoms with Gasteiger partial charge in [-0.2, -0.15) is 4.98 Å². The third-order valence-corrected chi connectivity index (χ3v) is 3.98. The highest BCUT2D eigenvalue weighted by Crippen LogP contribution is 2.20. The second kappa shape index (κ2) is 7.95. The number of halogens is 2. The Labute approximate surface area is 158 Å². The number of benzene rings is 2. The van der Waals surface area contributed by atoms with Crippen LogP contribution >= 0.6 is 0 Å². The van der Waals surface area contributed by atoms with Crippen LogP contribution in [0.5, 0.6) is 0 Å². The summed E-state index contributed by atoms with van der Waals surface area (Å²) in [5, 5.41) is 8.61.